The average molecular weight is 446 g/mol. The minimum atomic E-state index is 0.0168. The first-order valence-electron chi connectivity index (χ1n) is 9.42. The van der Waals surface area contributed by atoms with Crippen LogP contribution in [-0.4, -0.2) is 21.9 Å². The Labute approximate surface area is 171 Å². The van der Waals surface area contributed by atoms with E-state index in [1.54, 1.807) is 11.3 Å². The summed E-state index contributed by atoms with van der Waals surface area (Å²) in [6, 6.07) is 8.25. The Bertz CT molecular complexity index is 1040. The summed E-state index contributed by atoms with van der Waals surface area (Å²) in [5, 5.41) is 0.825. The van der Waals surface area contributed by atoms with Crippen LogP contribution in [0.3, 0.4) is 0 Å². The number of H-pyrrole nitrogens is 1. The van der Waals surface area contributed by atoms with Gasteiger partial charge in [-0.1, -0.05) is 41.1 Å². The number of thiophene rings is 1. The highest BCUT2D eigenvalue weighted by atomic mass is 79.9. The molecule has 1 N–H and O–H groups in total. The molecule has 2 unspecified atom stereocenters. The predicted octanol–water partition coefficient (Wildman–Crippen LogP) is 5.06. The lowest BCUT2D eigenvalue weighted by atomic mass is 9.89. The molecule has 142 valence electrons. The number of aromatic amines is 1. The maximum Gasteiger partial charge on any atom is 0.259 e. The van der Waals surface area contributed by atoms with Crippen molar-refractivity contribution in [3.63, 3.8) is 0 Å². The van der Waals surface area contributed by atoms with Crippen LogP contribution in [0.5, 0.6) is 0 Å². The van der Waals surface area contributed by atoms with Crippen molar-refractivity contribution in [3.8, 4) is 0 Å². The van der Waals surface area contributed by atoms with Gasteiger partial charge in [0.1, 0.15) is 10.7 Å². The Kier molecular flexibility index (Phi) is 5.23. The van der Waals surface area contributed by atoms with Gasteiger partial charge in [0.05, 0.1) is 11.4 Å². The third kappa shape index (κ3) is 3.62. The fourth-order valence-corrected chi connectivity index (χ4v) is 5.61. The van der Waals surface area contributed by atoms with E-state index < -0.39 is 0 Å². The van der Waals surface area contributed by atoms with Crippen molar-refractivity contribution in [2.24, 2.45) is 5.92 Å². The molecule has 3 aromatic rings. The molecule has 0 radical (unpaired) electrons. The Morgan fingerprint density at radius 1 is 1.41 bits per heavy atom. The minimum Gasteiger partial charge on any atom is -0.309 e. The summed E-state index contributed by atoms with van der Waals surface area (Å²) in [6.07, 6.45) is 3.23. The number of aryl methyl sites for hydroxylation is 1. The number of halogens is 1. The van der Waals surface area contributed by atoms with Gasteiger partial charge in [-0.3, -0.25) is 9.69 Å². The zero-order valence-electron chi connectivity index (χ0n) is 15.9. The highest BCUT2D eigenvalue weighted by Crippen LogP contribution is 2.36. The maximum atomic E-state index is 12.8. The third-order valence-electron chi connectivity index (χ3n) is 5.62. The lowest BCUT2D eigenvalue weighted by Gasteiger charge is -2.24. The van der Waals surface area contributed by atoms with Gasteiger partial charge in [-0.25, -0.2) is 4.98 Å². The molecule has 0 spiro atoms. The summed E-state index contributed by atoms with van der Waals surface area (Å²) in [4.78, 5) is 25.2. The second-order valence-corrected chi connectivity index (χ2v) is 9.60. The van der Waals surface area contributed by atoms with E-state index in [9.17, 15) is 4.79 Å². The summed E-state index contributed by atoms with van der Waals surface area (Å²) < 4.78 is 1.10. The van der Waals surface area contributed by atoms with Gasteiger partial charge in [-0.2, -0.15) is 0 Å². The number of aromatic nitrogens is 2. The number of fused-ring (bicyclic) bond motifs is 3. The molecule has 1 aromatic carbocycles. The first kappa shape index (κ1) is 18.8. The van der Waals surface area contributed by atoms with E-state index in [2.05, 4.69) is 58.8 Å². The number of hydrogen-bond acceptors (Lipinski definition) is 4. The quantitative estimate of drug-likeness (QED) is 0.609. The number of benzene rings is 1. The molecule has 0 aliphatic heterocycles. The largest absolute Gasteiger partial charge is 0.309 e. The van der Waals surface area contributed by atoms with E-state index in [0.29, 0.717) is 5.92 Å². The number of rotatable bonds is 4. The second-order valence-electron chi connectivity index (χ2n) is 7.67. The molecule has 2 aromatic heterocycles. The lowest BCUT2D eigenvalue weighted by Crippen LogP contribution is -2.26. The van der Waals surface area contributed by atoms with Crippen molar-refractivity contribution in [2.75, 3.05) is 7.05 Å². The molecule has 1 aliphatic carbocycles. The van der Waals surface area contributed by atoms with Crippen LogP contribution < -0.4 is 5.56 Å². The number of nitrogens with zero attached hydrogens (tertiary/aromatic N) is 2. The average Bonchev–Trinajstić information content (AvgIpc) is 3.00. The zero-order chi connectivity index (χ0) is 19.1. The molecule has 4 rings (SSSR count). The molecule has 6 heteroatoms. The Morgan fingerprint density at radius 3 is 2.96 bits per heavy atom. The molecule has 0 amide bonds. The van der Waals surface area contributed by atoms with E-state index in [1.807, 2.05) is 12.1 Å². The zero-order valence-corrected chi connectivity index (χ0v) is 18.3. The van der Waals surface area contributed by atoms with Crippen molar-refractivity contribution in [3.05, 3.63) is 60.9 Å². The predicted molar refractivity (Wildman–Crippen MR) is 115 cm³/mol. The van der Waals surface area contributed by atoms with Gasteiger partial charge in [0.25, 0.3) is 5.56 Å². The third-order valence-corrected chi connectivity index (χ3v) is 7.54. The molecule has 4 nitrogen and oxygen atoms in total. The topological polar surface area (TPSA) is 49.0 Å². The normalized spacial score (nSPS) is 18.0. The van der Waals surface area contributed by atoms with Gasteiger partial charge in [-0.05, 0) is 56.3 Å². The molecule has 1 aliphatic rings. The molecule has 2 heterocycles. The van der Waals surface area contributed by atoms with Gasteiger partial charge in [-0.15, -0.1) is 11.3 Å². The van der Waals surface area contributed by atoms with Crippen LogP contribution in [0, 0.1) is 5.92 Å². The highest BCUT2D eigenvalue weighted by Gasteiger charge is 2.24. The summed E-state index contributed by atoms with van der Waals surface area (Å²) in [6.45, 7) is 5.16. The van der Waals surface area contributed by atoms with Gasteiger partial charge in [0, 0.05) is 15.9 Å². The van der Waals surface area contributed by atoms with Crippen molar-refractivity contribution in [1.82, 2.24) is 14.9 Å². The minimum absolute atomic E-state index is 0.0168. The van der Waals surface area contributed by atoms with Crippen LogP contribution in [0.15, 0.2) is 33.5 Å². The van der Waals surface area contributed by atoms with Crippen molar-refractivity contribution < 1.29 is 0 Å². The Morgan fingerprint density at radius 2 is 2.19 bits per heavy atom. The van der Waals surface area contributed by atoms with Crippen molar-refractivity contribution >= 4 is 37.5 Å². The number of hydrogen-bond donors (Lipinski definition) is 1. The van der Waals surface area contributed by atoms with Gasteiger partial charge >= 0.3 is 0 Å². The molecule has 0 fully saturated rings. The number of nitrogens with one attached hydrogen (secondary N) is 1. The first-order chi connectivity index (χ1) is 12.9. The van der Waals surface area contributed by atoms with Gasteiger partial charge < -0.3 is 4.98 Å². The standard InChI is InChI=1S/C21H24BrN3OS/c1-12-8-9-15-17(10-12)27-21-18(15)20(26)23-19(24-21)13(2)25(3)11-14-6-4-5-7-16(14)22/h4-7,12-13H,8-11H2,1-3H3,(H,23,24,26). The Hall–Kier alpha value is -1.50. The van der Waals surface area contributed by atoms with Crippen LogP contribution in [-0.2, 0) is 19.4 Å². The maximum absolute atomic E-state index is 12.8. The van der Waals surface area contributed by atoms with Crippen LogP contribution in [0.1, 0.15) is 48.1 Å². The molecule has 0 bridgehead atoms. The van der Waals surface area contributed by atoms with E-state index in [4.69, 9.17) is 4.98 Å². The summed E-state index contributed by atoms with van der Waals surface area (Å²) in [5.74, 6) is 1.44. The molecular weight excluding hydrogens is 422 g/mol. The molecule has 0 saturated heterocycles. The van der Waals surface area contributed by atoms with Crippen LogP contribution in [0.2, 0.25) is 0 Å². The smallest absolute Gasteiger partial charge is 0.259 e. The van der Waals surface area contributed by atoms with Crippen LogP contribution in [0.25, 0.3) is 10.2 Å². The molecular formula is C21H24BrN3OS. The Balaban J connectivity index is 1.65. The fourth-order valence-electron chi connectivity index (χ4n) is 3.80. The highest BCUT2D eigenvalue weighted by molar-refractivity contribution is 9.10. The first-order valence-corrected chi connectivity index (χ1v) is 11.0. The second kappa shape index (κ2) is 7.49. The SMILES string of the molecule is CC1CCc2c(sc3nc(C(C)N(C)Cc4ccccc4Br)[nH]c(=O)c23)C1. The summed E-state index contributed by atoms with van der Waals surface area (Å²) in [7, 11) is 2.06. The summed E-state index contributed by atoms with van der Waals surface area (Å²) >= 11 is 5.32. The van der Waals surface area contributed by atoms with Crippen LogP contribution in [0.4, 0.5) is 0 Å². The van der Waals surface area contributed by atoms with Crippen molar-refractivity contribution in [1.29, 1.82) is 0 Å². The lowest BCUT2D eigenvalue weighted by molar-refractivity contribution is 0.243. The van der Waals surface area contributed by atoms with E-state index in [1.165, 1.54) is 16.0 Å². The molecule has 2 atom stereocenters. The van der Waals surface area contributed by atoms with E-state index >= 15 is 0 Å². The van der Waals surface area contributed by atoms with Crippen LogP contribution >= 0.6 is 27.3 Å². The van der Waals surface area contributed by atoms with E-state index in [-0.39, 0.29) is 11.6 Å². The van der Waals surface area contributed by atoms with E-state index in [0.717, 1.165) is 46.3 Å². The van der Waals surface area contributed by atoms with Gasteiger partial charge in [0.2, 0.25) is 0 Å². The summed E-state index contributed by atoms with van der Waals surface area (Å²) in [5.41, 5.74) is 2.47. The monoisotopic (exact) mass is 445 g/mol. The molecule has 27 heavy (non-hydrogen) atoms. The molecule has 0 saturated carbocycles. The van der Waals surface area contributed by atoms with Crippen molar-refractivity contribution in [2.45, 2.75) is 45.7 Å². The fraction of sp³-hybridized carbons (Fsp3) is 0.429. The van der Waals surface area contributed by atoms with Gasteiger partial charge in [0.15, 0.2) is 0 Å².